The zero-order valence-corrected chi connectivity index (χ0v) is 12.5. The monoisotopic (exact) mass is 295 g/mol. The summed E-state index contributed by atoms with van der Waals surface area (Å²) in [5.41, 5.74) is -1.12. The second-order valence-electron chi connectivity index (χ2n) is 4.70. The minimum atomic E-state index is -3.78. The second-order valence-corrected chi connectivity index (χ2v) is 6.91. The molecular weight excluding hydrogens is 278 g/mol. The van der Waals surface area contributed by atoms with Crippen molar-refractivity contribution in [2.75, 3.05) is 13.1 Å². The van der Waals surface area contributed by atoms with Crippen molar-refractivity contribution in [3.8, 4) is 0 Å². The van der Waals surface area contributed by atoms with E-state index >= 15 is 0 Å². The van der Waals surface area contributed by atoms with Gasteiger partial charge in [-0.25, -0.2) is 13.4 Å². The second kappa shape index (κ2) is 5.16. The van der Waals surface area contributed by atoms with E-state index in [1.54, 1.807) is 27.8 Å². The molecule has 1 N–H and O–H groups in total. The lowest BCUT2D eigenvalue weighted by Gasteiger charge is -2.26. The third-order valence-corrected chi connectivity index (χ3v) is 4.75. The average molecular weight is 296 g/mol. The van der Waals surface area contributed by atoms with Gasteiger partial charge in [0.25, 0.3) is 10.0 Å². The highest BCUT2D eigenvalue weighted by Gasteiger charge is 2.32. The Kier molecular flexibility index (Phi) is 4.42. The summed E-state index contributed by atoms with van der Waals surface area (Å²) in [5.74, 6) is 0. The summed E-state index contributed by atoms with van der Waals surface area (Å²) in [6, 6.07) is 0. The minimum absolute atomic E-state index is 0.0151. The highest BCUT2D eigenvalue weighted by atomic mass is 35.5. The molecule has 0 aliphatic heterocycles. The third-order valence-electron chi connectivity index (χ3n) is 2.33. The van der Waals surface area contributed by atoms with E-state index in [9.17, 15) is 13.5 Å². The van der Waals surface area contributed by atoms with Crippen molar-refractivity contribution in [2.45, 2.75) is 31.4 Å². The molecule has 0 bridgehead atoms. The van der Waals surface area contributed by atoms with Gasteiger partial charge < -0.3 is 9.67 Å². The molecule has 0 fully saturated rings. The van der Waals surface area contributed by atoms with Crippen LogP contribution in [0.25, 0.3) is 0 Å². The fourth-order valence-electron chi connectivity index (χ4n) is 1.49. The Morgan fingerprint density at radius 1 is 1.56 bits per heavy atom. The summed E-state index contributed by atoms with van der Waals surface area (Å²) >= 11 is 5.90. The molecule has 6 nitrogen and oxygen atoms in total. The van der Waals surface area contributed by atoms with Crippen LogP contribution in [0.3, 0.4) is 0 Å². The highest BCUT2D eigenvalue weighted by Crippen LogP contribution is 2.23. The molecule has 0 spiro atoms. The van der Waals surface area contributed by atoms with Gasteiger partial charge >= 0.3 is 0 Å². The fraction of sp³-hybridized carbons (Fsp3) is 0.700. The number of aliphatic hydroxyl groups is 1. The number of aryl methyl sites for hydroxylation is 1. The van der Waals surface area contributed by atoms with Gasteiger partial charge in [0.1, 0.15) is 5.15 Å². The standard InChI is InChI=1S/C10H18ClN3O3S/c1-5-14(6-10(2,3)15)18(16,17)9-8(11)13(4)7-12-9/h7,15H,5-6H2,1-4H3. The lowest BCUT2D eigenvalue weighted by atomic mass is 10.1. The zero-order valence-electron chi connectivity index (χ0n) is 10.9. The van der Waals surface area contributed by atoms with E-state index in [0.717, 1.165) is 4.31 Å². The molecular formula is C10H18ClN3O3S. The predicted octanol–water partition coefficient (Wildman–Crippen LogP) is 0.855. The molecule has 1 aromatic heterocycles. The molecule has 0 aliphatic rings. The maximum absolute atomic E-state index is 12.3. The number of hydrogen-bond acceptors (Lipinski definition) is 4. The van der Waals surface area contributed by atoms with Crippen molar-refractivity contribution in [3.05, 3.63) is 11.5 Å². The summed E-state index contributed by atoms with van der Waals surface area (Å²) < 4.78 is 27.2. The van der Waals surface area contributed by atoms with Crippen LogP contribution in [0.1, 0.15) is 20.8 Å². The number of likely N-dealkylation sites (N-methyl/N-ethyl adjacent to an activating group) is 1. The number of imidazole rings is 1. The lowest BCUT2D eigenvalue weighted by molar-refractivity contribution is 0.0601. The number of halogens is 1. The van der Waals surface area contributed by atoms with Gasteiger partial charge in [0.15, 0.2) is 0 Å². The largest absolute Gasteiger partial charge is 0.389 e. The van der Waals surface area contributed by atoms with Crippen LogP contribution in [-0.4, -0.2) is 46.1 Å². The molecule has 0 amide bonds. The Hall–Kier alpha value is -0.630. The average Bonchev–Trinajstić information content (AvgIpc) is 2.55. The van der Waals surface area contributed by atoms with E-state index in [-0.39, 0.29) is 23.3 Å². The number of nitrogens with zero attached hydrogens (tertiary/aromatic N) is 3. The molecule has 0 unspecified atom stereocenters. The first-order chi connectivity index (χ1) is 8.09. The summed E-state index contributed by atoms with van der Waals surface area (Å²) in [6.45, 7) is 5.01. The van der Waals surface area contributed by atoms with Gasteiger partial charge in [-0.2, -0.15) is 4.31 Å². The number of hydrogen-bond donors (Lipinski definition) is 1. The number of aromatic nitrogens is 2. The lowest BCUT2D eigenvalue weighted by Crippen LogP contribution is -2.42. The van der Waals surface area contributed by atoms with E-state index < -0.39 is 15.6 Å². The summed E-state index contributed by atoms with van der Waals surface area (Å²) in [4.78, 5) is 3.81. The van der Waals surface area contributed by atoms with Crippen LogP contribution in [0, 0.1) is 0 Å². The first-order valence-corrected chi connectivity index (χ1v) is 7.30. The molecule has 0 saturated carbocycles. The molecule has 18 heavy (non-hydrogen) atoms. The SMILES string of the molecule is CCN(CC(C)(C)O)S(=O)(=O)c1ncn(C)c1Cl. The van der Waals surface area contributed by atoms with E-state index in [2.05, 4.69) is 4.98 Å². The van der Waals surface area contributed by atoms with Crippen LogP contribution in [0.4, 0.5) is 0 Å². The number of sulfonamides is 1. The molecule has 1 aromatic rings. The smallest absolute Gasteiger partial charge is 0.263 e. The predicted molar refractivity (Wildman–Crippen MR) is 68.9 cm³/mol. The van der Waals surface area contributed by atoms with Crippen LogP contribution in [-0.2, 0) is 17.1 Å². The van der Waals surface area contributed by atoms with Gasteiger partial charge in [0.2, 0.25) is 5.03 Å². The van der Waals surface area contributed by atoms with Gasteiger partial charge in [-0.15, -0.1) is 0 Å². The van der Waals surface area contributed by atoms with E-state index in [0.29, 0.717) is 0 Å². The molecule has 0 saturated heterocycles. The van der Waals surface area contributed by atoms with Gasteiger partial charge in [-0.3, -0.25) is 0 Å². The molecule has 104 valence electrons. The normalized spacial score (nSPS) is 13.3. The van der Waals surface area contributed by atoms with E-state index in [4.69, 9.17) is 11.6 Å². The third kappa shape index (κ3) is 3.23. The van der Waals surface area contributed by atoms with Crippen LogP contribution >= 0.6 is 11.6 Å². The molecule has 0 radical (unpaired) electrons. The van der Waals surface area contributed by atoms with Crippen molar-refractivity contribution in [3.63, 3.8) is 0 Å². The molecule has 0 atom stereocenters. The Morgan fingerprint density at radius 3 is 2.44 bits per heavy atom. The zero-order chi connectivity index (χ0) is 14.1. The Morgan fingerprint density at radius 2 is 2.11 bits per heavy atom. The van der Waals surface area contributed by atoms with E-state index in [1.165, 1.54) is 10.9 Å². The molecule has 1 rings (SSSR count). The first-order valence-electron chi connectivity index (χ1n) is 5.49. The Bertz CT molecular complexity index is 519. The molecule has 8 heteroatoms. The van der Waals surface area contributed by atoms with Gasteiger partial charge in [-0.05, 0) is 13.8 Å². The Labute approximate surface area is 112 Å². The van der Waals surface area contributed by atoms with Crippen LogP contribution in [0.15, 0.2) is 11.4 Å². The Balaban J connectivity index is 3.16. The van der Waals surface area contributed by atoms with Crippen molar-refractivity contribution in [1.29, 1.82) is 0 Å². The topological polar surface area (TPSA) is 75.4 Å². The highest BCUT2D eigenvalue weighted by molar-refractivity contribution is 7.89. The van der Waals surface area contributed by atoms with Crippen LogP contribution < -0.4 is 0 Å². The van der Waals surface area contributed by atoms with Crippen LogP contribution in [0.2, 0.25) is 5.15 Å². The maximum atomic E-state index is 12.3. The number of rotatable bonds is 5. The quantitative estimate of drug-likeness (QED) is 0.874. The van der Waals surface area contributed by atoms with Gasteiger partial charge in [0.05, 0.1) is 11.9 Å². The van der Waals surface area contributed by atoms with E-state index in [1.807, 2.05) is 0 Å². The molecule has 0 aliphatic carbocycles. The fourth-order valence-corrected chi connectivity index (χ4v) is 3.48. The summed E-state index contributed by atoms with van der Waals surface area (Å²) in [6.07, 6.45) is 1.34. The van der Waals surface area contributed by atoms with Crippen molar-refractivity contribution in [1.82, 2.24) is 13.9 Å². The summed E-state index contributed by atoms with van der Waals surface area (Å²) in [7, 11) is -2.17. The molecule has 0 aromatic carbocycles. The van der Waals surface area contributed by atoms with Gasteiger partial charge in [-0.1, -0.05) is 18.5 Å². The van der Waals surface area contributed by atoms with Crippen molar-refractivity contribution >= 4 is 21.6 Å². The minimum Gasteiger partial charge on any atom is -0.389 e. The van der Waals surface area contributed by atoms with Crippen molar-refractivity contribution in [2.24, 2.45) is 7.05 Å². The maximum Gasteiger partial charge on any atom is 0.263 e. The first kappa shape index (κ1) is 15.4. The van der Waals surface area contributed by atoms with Crippen molar-refractivity contribution < 1.29 is 13.5 Å². The van der Waals surface area contributed by atoms with Gasteiger partial charge in [0, 0.05) is 20.1 Å². The van der Waals surface area contributed by atoms with Crippen LogP contribution in [0.5, 0.6) is 0 Å². The molecule has 1 heterocycles. The summed E-state index contributed by atoms with van der Waals surface area (Å²) in [5, 5.41) is 9.62.